The third-order valence-corrected chi connectivity index (χ3v) is 1.29. The third-order valence-electron chi connectivity index (χ3n) is 1.29. The predicted octanol–water partition coefficient (Wildman–Crippen LogP) is 1.59. The molecular weight excluding hydrogens is 159 g/mol. The average Bonchev–Trinajstić information content (AvgIpc) is 2.03. The summed E-state index contributed by atoms with van der Waals surface area (Å²) in [5.41, 5.74) is 5.67. The van der Waals surface area contributed by atoms with E-state index in [0.717, 1.165) is 12.6 Å². The van der Waals surface area contributed by atoms with E-state index in [4.69, 9.17) is 10.5 Å². The molecule has 1 rings (SSSR count). The molecular formula is C8H11FN2O. The van der Waals surface area contributed by atoms with E-state index in [1.807, 2.05) is 6.92 Å². The van der Waals surface area contributed by atoms with E-state index in [1.54, 1.807) is 0 Å². The molecule has 0 bridgehead atoms. The summed E-state index contributed by atoms with van der Waals surface area (Å²) in [6.07, 6.45) is 1.96. The van der Waals surface area contributed by atoms with E-state index in [1.165, 1.54) is 6.07 Å². The second-order valence-electron chi connectivity index (χ2n) is 2.40. The zero-order valence-electron chi connectivity index (χ0n) is 6.88. The van der Waals surface area contributed by atoms with Crippen LogP contribution in [0.4, 0.5) is 10.1 Å². The first-order chi connectivity index (χ1) is 5.74. The van der Waals surface area contributed by atoms with Gasteiger partial charge in [0.2, 0.25) is 5.88 Å². The van der Waals surface area contributed by atoms with Gasteiger partial charge in [0.05, 0.1) is 18.5 Å². The molecule has 1 aromatic rings. The zero-order chi connectivity index (χ0) is 8.97. The van der Waals surface area contributed by atoms with Crippen LogP contribution < -0.4 is 10.5 Å². The molecule has 4 heteroatoms. The van der Waals surface area contributed by atoms with Gasteiger partial charge in [-0.2, -0.15) is 0 Å². The lowest BCUT2D eigenvalue weighted by atomic mass is 10.4. The number of rotatable bonds is 3. The van der Waals surface area contributed by atoms with E-state index >= 15 is 0 Å². The highest BCUT2D eigenvalue weighted by Crippen LogP contribution is 2.17. The molecule has 0 atom stereocenters. The Bertz CT molecular complexity index is 265. The number of nitrogen functional groups attached to an aromatic ring is 1. The Labute approximate surface area is 70.4 Å². The van der Waals surface area contributed by atoms with Crippen LogP contribution in [0.15, 0.2) is 12.3 Å². The molecule has 0 saturated carbocycles. The summed E-state index contributed by atoms with van der Waals surface area (Å²) in [4.78, 5) is 3.69. The number of ether oxygens (including phenoxy) is 1. The van der Waals surface area contributed by atoms with Gasteiger partial charge in [-0.25, -0.2) is 9.37 Å². The maximum atomic E-state index is 12.5. The summed E-state index contributed by atoms with van der Waals surface area (Å²) in [6, 6.07) is 1.19. The van der Waals surface area contributed by atoms with Gasteiger partial charge in [0, 0.05) is 6.07 Å². The lowest BCUT2D eigenvalue weighted by Gasteiger charge is -2.05. The van der Waals surface area contributed by atoms with Gasteiger partial charge in [-0.1, -0.05) is 6.92 Å². The maximum Gasteiger partial charge on any atom is 0.237 e. The van der Waals surface area contributed by atoms with Crippen molar-refractivity contribution in [3.63, 3.8) is 0 Å². The first-order valence-electron chi connectivity index (χ1n) is 3.78. The fourth-order valence-corrected chi connectivity index (χ4v) is 0.762. The number of nitrogens with zero attached hydrogens (tertiary/aromatic N) is 1. The van der Waals surface area contributed by atoms with Crippen LogP contribution >= 0.6 is 0 Å². The van der Waals surface area contributed by atoms with Crippen LogP contribution in [-0.2, 0) is 0 Å². The van der Waals surface area contributed by atoms with Crippen LogP contribution in [0.25, 0.3) is 0 Å². The molecule has 0 aliphatic carbocycles. The van der Waals surface area contributed by atoms with Crippen molar-refractivity contribution in [1.29, 1.82) is 0 Å². The quantitative estimate of drug-likeness (QED) is 0.749. The predicted molar refractivity (Wildman–Crippen MR) is 44.4 cm³/mol. The largest absolute Gasteiger partial charge is 0.476 e. The molecule has 0 aromatic carbocycles. The molecule has 66 valence electrons. The fourth-order valence-electron chi connectivity index (χ4n) is 0.762. The van der Waals surface area contributed by atoms with Crippen LogP contribution in [0, 0.1) is 5.82 Å². The van der Waals surface area contributed by atoms with Crippen molar-refractivity contribution in [3.05, 3.63) is 18.1 Å². The molecule has 0 amide bonds. The monoisotopic (exact) mass is 170 g/mol. The Hall–Kier alpha value is -1.32. The van der Waals surface area contributed by atoms with Crippen LogP contribution in [0.5, 0.6) is 5.88 Å². The minimum absolute atomic E-state index is 0.239. The molecule has 1 aromatic heterocycles. The van der Waals surface area contributed by atoms with Crippen molar-refractivity contribution in [1.82, 2.24) is 4.98 Å². The molecule has 0 unspecified atom stereocenters. The minimum atomic E-state index is -0.448. The highest BCUT2D eigenvalue weighted by Gasteiger charge is 2.01. The van der Waals surface area contributed by atoms with Crippen molar-refractivity contribution in [2.24, 2.45) is 0 Å². The van der Waals surface area contributed by atoms with E-state index in [0.29, 0.717) is 12.5 Å². The molecule has 12 heavy (non-hydrogen) atoms. The standard InChI is InChI=1S/C8H11FN2O/c1-2-3-12-8-7(10)4-6(9)5-11-8/h4-5H,2-3,10H2,1H3. The molecule has 0 spiro atoms. The number of nitrogens with two attached hydrogens (primary N) is 1. The lowest BCUT2D eigenvalue weighted by Crippen LogP contribution is -2.01. The van der Waals surface area contributed by atoms with E-state index in [2.05, 4.69) is 4.98 Å². The highest BCUT2D eigenvalue weighted by molar-refractivity contribution is 5.47. The van der Waals surface area contributed by atoms with Crippen molar-refractivity contribution in [2.75, 3.05) is 12.3 Å². The van der Waals surface area contributed by atoms with Crippen molar-refractivity contribution < 1.29 is 9.13 Å². The fraction of sp³-hybridized carbons (Fsp3) is 0.375. The third kappa shape index (κ3) is 2.08. The van der Waals surface area contributed by atoms with Crippen molar-refractivity contribution in [3.8, 4) is 5.88 Å². The summed E-state index contributed by atoms with van der Waals surface area (Å²) >= 11 is 0. The second-order valence-corrected chi connectivity index (χ2v) is 2.40. The first kappa shape index (κ1) is 8.77. The minimum Gasteiger partial charge on any atom is -0.476 e. The van der Waals surface area contributed by atoms with Gasteiger partial charge in [0.1, 0.15) is 5.82 Å². The Morgan fingerprint density at radius 1 is 1.67 bits per heavy atom. The Kier molecular flexibility index (Phi) is 2.85. The van der Waals surface area contributed by atoms with Gasteiger partial charge < -0.3 is 10.5 Å². The van der Waals surface area contributed by atoms with Gasteiger partial charge in [0.25, 0.3) is 0 Å². The summed E-state index contributed by atoms with van der Waals surface area (Å²) in [7, 11) is 0. The molecule has 1 heterocycles. The van der Waals surface area contributed by atoms with Crippen molar-refractivity contribution >= 4 is 5.69 Å². The highest BCUT2D eigenvalue weighted by atomic mass is 19.1. The summed E-state index contributed by atoms with van der Waals surface area (Å²) < 4.78 is 17.6. The average molecular weight is 170 g/mol. The second kappa shape index (κ2) is 3.90. The van der Waals surface area contributed by atoms with E-state index < -0.39 is 5.82 Å². The Morgan fingerprint density at radius 3 is 3.00 bits per heavy atom. The van der Waals surface area contributed by atoms with Crippen LogP contribution in [0.3, 0.4) is 0 Å². The maximum absolute atomic E-state index is 12.5. The molecule has 0 fully saturated rings. The summed E-state index contributed by atoms with van der Waals surface area (Å²) in [5, 5.41) is 0. The van der Waals surface area contributed by atoms with Gasteiger partial charge in [-0.15, -0.1) is 0 Å². The topological polar surface area (TPSA) is 48.1 Å². The molecule has 0 saturated heterocycles. The summed E-state index contributed by atoms with van der Waals surface area (Å²) in [6.45, 7) is 2.52. The van der Waals surface area contributed by atoms with Gasteiger partial charge in [0.15, 0.2) is 0 Å². The zero-order valence-corrected chi connectivity index (χ0v) is 6.88. The normalized spacial score (nSPS) is 9.83. The van der Waals surface area contributed by atoms with E-state index in [-0.39, 0.29) is 5.69 Å². The molecule has 0 aliphatic rings. The van der Waals surface area contributed by atoms with Gasteiger partial charge in [-0.3, -0.25) is 0 Å². The molecule has 3 nitrogen and oxygen atoms in total. The van der Waals surface area contributed by atoms with Crippen LogP contribution in [-0.4, -0.2) is 11.6 Å². The molecule has 0 radical (unpaired) electrons. The number of hydrogen-bond donors (Lipinski definition) is 1. The van der Waals surface area contributed by atoms with Gasteiger partial charge >= 0.3 is 0 Å². The molecule has 2 N–H and O–H groups in total. The SMILES string of the molecule is CCCOc1ncc(F)cc1N. The number of anilines is 1. The Morgan fingerprint density at radius 2 is 2.42 bits per heavy atom. The van der Waals surface area contributed by atoms with E-state index in [9.17, 15) is 4.39 Å². The lowest BCUT2D eigenvalue weighted by molar-refractivity contribution is 0.306. The number of halogens is 1. The van der Waals surface area contributed by atoms with Gasteiger partial charge in [-0.05, 0) is 6.42 Å². The summed E-state index contributed by atoms with van der Waals surface area (Å²) in [5.74, 6) is -0.144. The number of hydrogen-bond acceptors (Lipinski definition) is 3. The number of aromatic nitrogens is 1. The Balaban J connectivity index is 2.72. The molecule has 0 aliphatic heterocycles. The number of pyridine rings is 1. The first-order valence-corrected chi connectivity index (χ1v) is 3.78. The van der Waals surface area contributed by atoms with Crippen molar-refractivity contribution in [2.45, 2.75) is 13.3 Å². The van der Waals surface area contributed by atoms with Crippen LogP contribution in [0.2, 0.25) is 0 Å². The van der Waals surface area contributed by atoms with Crippen LogP contribution in [0.1, 0.15) is 13.3 Å². The smallest absolute Gasteiger partial charge is 0.237 e.